The average molecular weight is 277 g/mol. The molecule has 5 nitrogen and oxygen atoms in total. The van der Waals surface area contributed by atoms with Gasteiger partial charge in [0.05, 0.1) is 19.3 Å². The first-order valence-corrected chi connectivity index (χ1v) is 7.69. The van der Waals surface area contributed by atoms with Gasteiger partial charge >= 0.3 is 0 Å². The molecule has 0 aromatic rings. The number of hydrogen-bond acceptors (Lipinski definition) is 4. The number of carbonyl (C=O) groups is 1. The van der Waals surface area contributed by atoms with Crippen LogP contribution in [0.2, 0.25) is 0 Å². The van der Waals surface area contributed by atoms with Gasteiger partial charge < -0.3 is 9.64 Å². The smallest absolute Gasteiger partial charge is 0.243 e. The van der Waals surface area contributed by atoms with Crippen LogP contribution in [0.5, 0.6) is 0 Å². The molecule has 0 N–H and O–H groups in total. The molecule has 0 aromatic heterocycles. The van der Waals surface area contributed by atoms with Crippen LogP contribution in [0, 0.1) is 22.7 Å². The van der Waals surface area contributed by atoms with Crippen LogP contribution in [-0.4, -0.2) is 61.1 Å². The van der Waals surface area contributed by atoms with Crippen molar-refractivity contribution < 1.29 is 9.53 Å². The largest absolute Gasteiger partial charge is 0.379 e. The van der Waals surface area contributed by atoms with Crippen molar-refractivity contribution in [3.05, 3.63) is 0 Å². The van der Waals surface area contributed by atoms with E-state index < -0.39 is 5.41 Å². The number of morpholine rings is 1. The summed E-state index contributed by atoms with van der Waals surface area (Å²) in [6.07, 6.45) is 2.50. The highest BCUT2D eigenvalue weighted by atomic mass is 16.5. The van der Waals surface area contributed by atoms with Crippen LogP contribution >= 0.6 is 0 Å². The molecular weight excluding hydrogens is 254 g/mol. The molecule has 5 heteroatoms. The van der Waals surface area contributed by atoms with Crippen molar-refractivity contribution in [3.8, 4) is 6.07 Å². The molecule has 0 unspecified atom stereocenters. The number of carbonyl (C=O) groups excluding carboxylic acids is 1. The molecule has 1 aliphatic carbocycles. The molecule has 2 atom stereocenters. The number of ether oxygens (including phenoxy) is 1. The maximum atomic E-state index is 12.6. The van der Waals surface area contributed by atoms with E-state index in [0.717, 1.165) is 58.7 Å². The fraction of sp³-hybridized carbons (Fsp3) is 0.867. The third kappa shape index (κ3) is 2.21. The van der Waals surface area contributed by atoms with Crippen LogP contribution in [0.25, 0.3) is 0 Å². The Balaban J connectivity index is 1.65. The lowest BCUT2D eigenvalue weighted by molar-refractivity contribution is -0.142. The van der Waals surface area contributed by atoms with Crippen LogP contribution in [0.3, 0.4) is 0 Å². The summed E-state index contributed by atoms with van der Waals surface area (Å²) in [6, 6.07) is 2.71. The Hall–Kier alpha value is -1.12. The highest BCUT2D eigenvalue weighted by Gasteiger charge is 2.49. The minimum absolute atomic E-state index is 0.0776. The molecule has 1 saturated carbocycles. The molecule has 2 heterocycles. The molecule has 1 amide bonds. The Morgan fingerprint density at radius 2 is 2.00 bits per heavy atom. The summed E-state index contributed by atoms with van der Waals surface area (Å²) >= 11 is 0. The van der Waals surface area contributed by atoms with Crippen molar-refractivity contribution >= 4 is 5.91 Å². The van der Waals surface area contributed by atoms with Gasteiger partial charge in [-0.15, -0.1) is 0 Å². The minimum Gasteiger partial charge on any atom is -0.379 e. The Labute approximate surface area is 120 Å². The Kier molecular flexibility index (Phi) is 3.70. The lowest BCUT2D eigenvalue weighted by Crippen LogP contribution is -2.49. The summed E-state index contributed by atoms with van der Waals surface area (Å²) in [5, 5.41) is 9.32. The highest BCUT2D eigenvalue weighted by Crippen LogP contribution is 2.43. The first-order chi connectivity index (χ1) is 9.66. The number of nitriles is 1. The summed E-state index contributed by atoms with van der Waals surface area (Å²) < 4.78 is 5.40. The molecule has 20 heavy (non-hydrogen) atoms. The van der Waals surface area contributed by atoms with Gasteiger partial charge in [-0.05, 0) is 25.2 Å². The fourth-order valence-corrected chi connectivity index (χ4v) is 3.71. The Bertz CT molecular complexity index is 421. The van der Waals surface area contributed by atoms with Gasteiger partial charge in [0.1, 0.15) is 5.41 Å². The molecule has 2 saturated heterocycles. The Morgan fingerprint density at radius 3 is 2.55 bits per heavy atom. The predicted molar refractivity (Wildman–Crippen MR) is 73.8 cm³/mol. The van der Waals surface area contributed by atoms with E-state index in [1.807, 2.05) is 4.90 Å². The molecule has 0 aromatic carbocycles. The Morgan fingerprint density at radius 1 is 1.30 bits per heavy atom. The van der Waals surface area contributed by atoms with Crippen molar-refractivity contribution in [2.45, 2.75) is 32.2 Å². The zero-order valence-electron chi connectivity index (χ0n) is 12.2. The van der Waals surface area contributed by atoms with Gasteiger partial charge in [-0.25, -0.2) is 0 Å². The monoisotopic (exact) mass is 277 g/mol. The second-order valence-corrected chi connectivity index (χ2v) is 6.45. The van der Waals surface area contributed by atoms with E-state index in [1.54, 1.807) is 0 Å². The van der Waals surface area contributed by atoms with E-state index in [2.05, 4.69) is 17.9 Å². The van der Waals surface area contributed by atoms with E-state index in [-0.39, 0.29) is 5.91 Å². The van der Waals surface area contributed by atoms with Crippen LogP contribution in [-0.2, 0) is 9.53 Å². The van der Waals surface area contributed by atoms with Crippen LogP contribution < -0.4 is 0 Å². The van der Waals surface area contributed by atoms with Crippen molar-refractivity contribution in [1.82, 2.24) is 9.80 Å². The molecule has 3 rings (SSSR count). The van der Waals surface area contributed by atoms with E-state index in [9.17, 15) is 10.1 Å². The molecule has 0 spiro atoms. The third-order valence-electron chi connectivity index (χ3n) is 5.21. The fourth-order valence-electron chi connectivity index (χ4n) is 3.71. The molecule has 0 bridgehead atoms. The molecule has 3 aliphatic rings. The van der Waals surface area contributed by atoms with Crippen molar-refractivity contribution in [3.63, 3.8) is 0 Å². The van der Waals surface area contributed by atoms with Gasteiger partial charge in [-0.1, -0.05) is 6.92 Å². The van der Waals surface area contributed by atoms with E-state index in [1.165, 1.54) is 0 Å². The number of amides is 1. The van der Waals surface area contributed by atoms with Crippen LogP contribution in [0.15, 0.2) is 0 Å². The quantitative estimate of drug-likeness (QED) is 0.751. The summed E-state index contributed by atoms with van der Waals surface area (Å²) in [7, 11) is 0. The van der Waals surface area contributed by atoms with Gasteiger partial charge in [0, 0.05) is 32.2 Å². The number of rotatable bonds is 2. The topological polar surface area (TPSA) is 56.6 Å². The van der Waals surface area contributed by atoms with Gasteiger partial charge in [0.15, 0.2) is 0 Å². The molecule has 2 aliphatic heterocycles. The van der Waals surface area contributed by atoms with Gasteiger partial charge in [-0.3, -0.25) is 9.69 Å². The highest BCUT2D eigenvalue weighted by molar-refractivity contribution is 5.86. The summed E-state index contributed by atoms with van der Waals surface area (Å²) in [4.78, 5) is 17.0. The second-order valence-electron chi connectivity index (χ2n) is 6.45. The average Bonchev–Trinajstić information content (AvgIpc) is 2.81. The van der Waals surface area contributed by atoms with Crippen molar-refractivity contribution in [1.29, 1.82) is 5.26 Å². The first kappa shape index (κ1) is 13.8. The maximum absolute atomic E-state index is 12.6. The van der Waals surface area contributed by atoms with Crippen molar-refractivity contribution in [2.75, 3.05) is 39.4 Å². The first-order valence-electron chi connectivity index (χ1n) is 7.69. The van der Waals surface area contributed by atoms with E-state index in [0.29, 0.717) is 12.0 Å². The molecule has 110 valence electrons. The van der Waals surface area contributed by atoms with Gasteiger partial charge in [0.2, 0.25) is 5.91 Å². The lowest BCUT2D eigenvalue weighted by atomic mass is 9.69. The third-order valence-corrected chi connectivity index (χ3v) is 5.21. The normalized spacial score (nSPS) is 33.5. The van der Waals surface area contributed by atoms with E-state index in [4.69, 9.17) is 4.74 Å². The van der Waals surface area contributed by atoms with E-state index >= 15 is 0 Å². The molecular formula is C15H23N3O2. The minimum atomic E-state index is -0.695. The maximum Gasteiger partial charge on any atom is 0.243 e. The zero-order chi connectivity index (χ0) is 14.2. The predicted octanol–water partition coefficient (Wildman–Crippen LogP) is 0.859. The standard InChI is InChI=1S/C15H23N3O2/c1-12-9-18(14(19)15(11-16)3-2-4-15)10-13(12)17-5-7-20-8-6-17/h12-13H,2-10H2,1H3/t12-,13-/m1/s1. The van der Waals surface area contributed by atoms with Crippen LogP contribution in [0.1, 0.15) is 26.2 Å². The zero-order valence-corrected chi connectivity index (χ0v) is 12.2. The molecule has 0 radical (unpaired) electrons. The SMILES string of the molecule is C[C@@H]1CN(C(=O)C2(C#N)CCC2)C[C@H]1N1CCOCC1. The van der Waals surface area contributed by atoms with Gasteiger partial charge in [0.25, 0.3) is 0 Å². The van der Waals surface area contributed by atoms with Crippen LogP contribution in [0.4, 0.5) is 0 Å². The van der Waals surface area contributed by atoms with Gasteiger partial charge in [-0.2, -0.15) is 5.26 Å². The summed E-state index contributed by atoms with van der Waals surface area (Å²) in [5.41, 5.74) is -0.695. The molecule has 3 fully saturated rings. The summed E-state index contributed by atoms with van der Waals surface area (Å²) in [6.45, 7) is 7.29. The second kappa shape index (κ2) is 5.34. The van der Waals surface area contributed by atoms with Crippen molar-refractivity contribution in [2.24, 2.45) is 11.3 Å². The number of hydrogen-bond donors (Lipinski definition) is 0. The lowest BCUT2D eigenvalue weighted by Gasteiger charge is -2.37. The number of likely N-dealkylation sites (tertiary alicyclic amines) is 1. The summed E-state index contributed by atoms with van der Waals surface area (Å²) in [5.74, 6) is 0.557. The number of nitrogens with zero attached hydrogens (tertiary/aromatic N) is 3.